The number of alkyl halides is 3. The second-order valence-corrected chi connectivity index (χ2v) is 4.65. The molecule has 6 heteroatoms. The van der Waals surface area contributed by atoms with Gasteiger partial charge in [-0.1, -0.05) is 36.9 Å². The first-order valence-electron chi connectivity index (χ1n) is 4.88. The fraction of sp³-hybridized carbons (Fsp3) is 0.250. The van der Waals surface area contributed by atoms with Crippen LogP contribution in [0.15, 0.2) is 41.4 Å². The Morgan fingerprint density at radius 3 is 2.17 bits per heavy atom. The Kier molecular flexibility index (Phi) is 4.21. The van der Waals surface area contributed by atoms with Crippen molar-refractivity contribution in [2.75, 3.05) is 0 Å². The summed E-state index contributed by atoms with van der Waals surface area (Å²) < 4.78 is 43.5. The van der Waals surface area contributed by atoms with Gasteiger partial charge in [-0.3, -0.25) is 0 Å². The molecular formula is C12H10BrF3O2. The fourth-order valence-corrected chi connectivity index (χ4v) is 1.36. The molecule has 0 aromatic heterocycles. The maximum atomic E-state index is 13.1. The highest BCUT2D eigenvalue weighted by molar-refractivity contribution is 9.12. The molecule has 0 aliphatic rings. The van der Waals surface area contributed by atoms with Gasteiger partial charge in [-0.25, -0.2) is 4.79 Å². The Balaban J connectivity index is 3.21. The van der Waals surface area contributed by atoms with Gasteiger partial charge in [-0.05, 0) is 22.9 Å². The van der Waals surface area contributed by atoms with Crippen LogP contribution in [0.1, 0.15) is 12.5 Å². The fourth-order valence-electron chi connectivity index (χ4n) is 1.28. The second kappa shape index (κ2) is 5.14. The second-order valence-electron chi connectivity index (χ2n) is 3.69. The van der Waals surface area contributed by atoms with Crippen molar-refractivity contribution < 1.29 is 22.7 Å². The highest BCUT2D eigenvalue weighted by atomic mass is 79.9. The third-order valence-corrected chi connectivity index (χ3v) is 2.71. The van der Waals surface area contributed by atoms with Crippen LogP contribution >= 0.6 is 15.9 Å². The largest absolute Gasteiger partial charge is 0.441 e. The summed E-state index contributed by atoms with van der Waals surface area (Å²) in [7, 11) is 0. The number of esters is 1. The Hall–Kier alpha value is -1.30. The summed E-state index contributed by atoms with van der Waals surface area (Å²) in [4.78, 5) is 11.3. The molecule has 0 N–H and O–H groups in total. The molecule has 2 nitrogen and oxygen atoms in total. The molecule has 1 unspecified atom stereocenters. The smallest absolute Gasteiger partial charge is 0.432 e. The van der Waals surface area contributed by atoms with Gasteiger partial charge in [-0.15, -0.1) is 0 Å². The number of carbonyl (C=O) groups is 1. The van der Waals surface area contributed by atoms with Crippen LogP contribution in [-0.4, -0.2) is 12.1 Å². The monoisotopic (exact) mass is 322 g/mol. The minimum atomic E-state index is -4.73. The van der Waals surface area contributed by atoms with Crippen LogP contribution in [0.3, 0.4) is 0 Å². The maximum absolute atomic E-state index is 13.1. The van der Waals surface area contributed by atoms with Crippen molar-refractivity contribution in [3.63, 3.8) is 0 Å². The van der Waals surface area contributed by atoms with Crippen molar-refractivity contribution >= 4 is 21.9 Å². The molecule has 0 radical (unpaired) electrons. The van der Waals surface area contributed by atoms with Crippen LogP contribution in [0, 0.1) is 0 Å². The van der Waals surface area contributed by atoms with Gasteiger partial charge < -0.3 is 4.74 Å². The van der Waals surface area contributed by atoms with E-state index in [4.69, 9.17) is 0 Å². The van der Waals surface area contributed by atoms with Gasteiger partial charge in [-0.2, -0.15) is 13.2 Å². The van der Waals surface area contributed by atoms with Gasteiger partial charge >= 0.3 is 12.1 Å². The highest BCUT2D eigenvalue weighted by Crippen LogP contribution is 2.42. The lowest BCUT2D eigenvalue weighted by atomic mass is 9.95. The summed E-state index contributed by atoms with van der Waals surface area (Å²) in [6.45, 7) is 3.99. The van der Waals surface area contributed by atoms with Crippen LogP contribution in [0.2, 0.25) is 0 Å². The van der Waals surface area contributed by atoms with E-state index in [-0.39, 0.29) is 10.0 Å². The predicted molar refractivity (Wildman–Crippen MR) is 64.0 cm³/mol. The average molecular weight is 323 g/mol. The van der Waals surface area contributed by atoms with E-state index >= 15 is 0 Å². The molecule has 0 aliphatic carbocycles. The minimum absolute atomic E-state index is 0.153. The first-order valence-corrected chi connectivity index (χ1v) is 5.68. The Morgan fingerprint density at radius 1 is 1.28 bits per heavy atom. The van der Waals surface area contributed by atoms with Gasteiger partial charge in [0.15, 0.2) is 0 Å². The molecule has 1 aromatic carbocycles. The zero-order chi connectivity index (χ0) is 14.0. The summed E-state index contributed by atoms with van der Waals surface area (Å²) >= 11 is 2.70. The third-order valence-electron chi connectivity index (χ3n) is 2.38. The van der Waals surface area contributed by atoms with E-state index in [9.17, 15) is 18.0 Å². The van der Waals surface area contributed by atoms with Crippen LogP contribution in [0.5, 0.6) is 0 Å². The lowest BCUT2D eigenvalue weighted by molar-refractivity contribution is -0.267. The van der Waals surface area contributed by atoms with E-state index in [0.29, 0.717) is 0 Å². The zero-order valence-corrected chi connectivity index (χ0v) is 11.0. The van der Waals surface area contributed by atoms with Crippen molar-refractivity contribution in [2.24, 2.45) is 0 Å². The average Bonchev–Trinajstić information content (AvgIpc) is 2.28. The Morgan fingerprint density at radius 2 is 1.78 bits per heavy atom. The third kappa shape index (κ3) is 2.93. The zero-order valence-electron chi connectivity index (χ0n) is 9.42. The van der Waals surface area contributed by atoms with Crippen LogP contribution in [0.4, 0.5) is 13.2 Å². The number of ether oxygens (including phenoxy) is 1. The molecule has 0 bridgehead atoms. The van der Waals surface area contributed by atoms with Gasteiger partial charge in [0.05, 0.1) is 4.48 Å². The molecular weight excluding hydrogens is 313 g/mol. The van der Waals surface area contributed by atoms with Gasteiger partial charge in [0.1, 0.15) is 0 Å². The maximum Gasteiger partial charge on any atom is 0.432 e. The van der Waals surface area contributed by atoms with Gasteiger partial charge in [0.25, 0.3) is 0 Å². The number of carbonyl (C=O) groups excluding carboxylic acids is 1. The lowest BCUT2D eigenvalue weighted by Crippen LogP contribution is -2.43. The van der Waals surface area contributed by atoms with E-state index in [0.717, 1.165) is 6.92 Å². The van der Waals surface area contributed by atoms with Crippen LogP contribution in [-0.2, 0) is 15.1 Å². The van der Waals surface area contributed by atoms with Crippen molar-refractivity contribution in [3.05, 3.63) is 47.0 Å². The number of hydrogen-bond acceptors (Lipinski definition) is 2. The SMILES string of the molecule is C=C(Br)C(=O)OC(C)(c1ccccc1)C(F)(F)F. The summed E-state index contributed by atoms with van der Waals surface area (Å²) in [5.41, 5.74) is -2.86. The molecule has 0 heterocycles. The van der Waals surface area contributed by atoms with Gasteiger partial charge in [0.2, 0.25) is 5.60 Å². The Bertz CT molecular complexity index is 456. The van der Waals surface area contributed by atoms with Gasteiger partial charge in [0, 0.05) is 5.56 Å². The van der Waals surface area contributed by atoms with Crippen molar-refractivity contribution in [1.82, 2.24) is 0 Å². The van der Waals surface area contributed by atoms with Crippen molar-refractivity contribution in [3.8, 4) is 0 Å². The standard InChI is InChI=1S/C12H10BrF3O2/c1-8(13)10(17)18-11(2,12(14,15)16)9-6-4-3-5-7-9/h3-7H,1H2,2H3. The number of halogens is 4. The summed E-state index contributed by atoms with van der Waals surface area (Å²) in [5, 5.41) is 0. The topological polar surface area (TPSA) is 26.3 Å². The van der Waals surface area contributed by atoms with E-state index < -0.39 is 17.7 Å². The molecule has 18 heavy (non-hydrogen) atoms. The minimum Gasteiger partial charge on any atom is -0.441 e. The van der Waals surface area contributed by atoms with Crippen LogP contribution in [0.25, 0.3) is 0 Å². The summed E-state index contributed by atoms with van der Waals surface area (Å²) in [5.74, 6) is -1.15. The molecule has 0 spiro atoms. The van der Waals surface area contributed by atoms with E-state index in [1.165, 1.54) is 24.3 Å². The quantitative estimate of drug-likeness (QED) is 0.623. The molecule has 0 fully saturated rings. The molecule has 0 amide bonds. The predicted octanol–water partition coefficient (Wildman–Crippen LogP) is 3.92. The van der Waals surface area contributed by atoms with Crippen molar-refractivity contribution in [1.29, 1.82) is 0 Å². The highest BCUT2D eigenvalue weighted by Gasteiger charge is 2.56. The number of rotatable bonds is 3. The summed E-state index contributed by atoms with van der Waals surface area (Å²) in [6, 6.07) is 6.95. The van der Waals surface area contributed by atoms with E-state index in [2.05, 4.69) is 27.2 Å². The summed E-state index contributed by atoms with van der Waals surface area (Å²) in [6.07, 6.45) is -4.73. The van der Waals surface area contributed by atoms with E-state index in [1.54, 1.807) is 6.07 Å². The molecule has 0 aliphatic heterocycles. The molecule has 1 rings (SSSR count). The first kappa shape index (κ1) is 14.8. The molecule has 0 saturated heterocycles. The Labute approximate surface area is 111 Å². The first-order chi connectivity index (χ1) is 8.18. The van der Waals surface area contributed by atoms with E-state index in [1.807, 2.05) is 0 Å². The van der Waals surface area contributed by atoms with Crippen molar-refractivity contribution in [2.45, 2.75) is 18.7 Å². The molecule has 0 saturated carbocycles. The normalized spacial score (nSPS) is 14.7. The molecule has 1 aromatic rings. The molecule has 98 valence electrons. The van der Waals surface area contributed by atoms with Crippen LogP contribution < -0.4 is 0 Å². The number of hydrogen-bond donors (Lipinski definition) is 0. The number of benzene rings is 1. The molecule has 1 atom stereocenters. The lowest BCUT2D eigenvalue weighted by Gasteiger charge is -2.31.